The lowest BCUT2D eigenvalue weighted by Gasteiger charge is -2.16. The molecule has 3 rings (SSSR count). The number of hydrogen-bond acceptors (Lipinski definition) is 3. The number of para-hydroxylation sites is 1. The van der Waals surface area contributed by atoms with E-state index in [-0.39, 0.29) is 5.91 Å². The molecule has 0 bridgehead atoms. The first-order valence-corrected chi connectivity index (χ1v) is 8.55. The number of amides is 1. The minimum absolute atomic E-state index is 0.251. The zero-order chi connectivity index (χ0) is 17.6. The number of carbonyl (C=O) groups is 1. The summed E-state index contributed by atoms with van der Waals surface area (Å²) >= 11 is 0. The molecule has 0 saturated heterocycles. The van der Waals surface area contributed by atoms with E-state index in [1.165, 1.54) is 18.9 Å². The third-order valence-corrected chi connectivity index (χ3v) is 4.33. The SMILES string of the molecule is C=CC(=O)Nc1ccc(OC)cc1-c1ccccc1OCCC1CC1. The summed E-state index contributed by atoms with van der Waals surface area (Å²) in [7, 11) is 1.62. The molecule has 1 aliphatic rings. The highest BCUT2D eigenvalue weighted by Crippen LogP contribution is 2.38. The van der Waals surface area contributed by atoms with Gasteiger partial charge in [0.15, 0.2) is 0 Å². The second-order valence-corrected chi connectivity index (χ2v) is 6.18. The van der Waals surface area contributed by atoms with E-state index in [0.717, 1.165) is 35.0 Å². The lowest BCUT2D eigenvalue weighted by Crippen LogP contribution is -2.09. The molecule has 1 fully saturated rings. The van der Waals surface area contributed by atoms with Crippen LogP contribution in [0.3, 0.4) is 0 Å². The quantitative estimate of drug-likeness (QED) is 0.712. The number of hydrogen-bond donors (Lipinski definition) is 1. The van der Waals surface area contributed by atoms with E-state index < -0.39 is 0 Å². The van der Waals surface area contributed by atoms with Crippen molar-refractivity contribution in [2.24, 2.45) is 5.92 Å². The summed E-state index contributed by atoms with van der Waals surface area (Å²) in [6.07, 6.45) is 4.98. The average molecular weight is 337 g/mol. The van der Waals surface area contributed by atoms with Gasteiger partial charge in [0, 0.05) is 16.8 Å². The Bertz CT molecular complexity index is 765. The van der Waals surface area contributed by atoms with Gasteiger partial charge >= 0.3 is 0 Å². The fourth-order valence-electron chi connectivity index (χ4n) is 2.72. The summed E-state index contributed by atoms with van der Waals surface area (Å²) < 4.78 is 11.4. The lowest BCUT2D eigenvalue weighted by atomic mass is 10.0. The van der Waals surface area contributed by atoms with Crippen molar-refractivity contribution in [3.8, 4) is 22.6 Å². The van der Waals surface area contributed by atoms with Gasteiger partial charge in [-0.2, -0.15) is 0 Å². The first-order chi connectivity index (χ1) is 12.2. The third-order valence-electron chi connectivity index (χ3n) is 4.33. The molecule has 1 amide bonds. The number of ether oxygens (including phenoxy) is 2. The van der Waals surface area contributed by atoms with Crippen LogP contribution in [-0.4, -0.2) is 19.6 Å². The molecule has 2 aromatic rings. The molecule has 1 N–H and O–H groups in total. The van der Waals surface area contributed by atoms with Crippen molar-refractivity contribution in [1.29, 1.82) is 0 Å². The highest BCUT2D eigenvalue weighted by molar-refractivity contribution is 6.02. The Morgan fingerprint density at radius 1 is 1.24 bits per heavy atom. The van der Waals surface area contributed by atoms with Crippen LogP contribution in [-0.2, 0) is 4.79 Å². The van der Waals surface area contributed by atoms with E-state index in [2.05, 4.69) is 11.9 Å². The molecular weight excluding hydrogens is 314 g/mol. The molecule has 4 nitrogen and oxygen atoms in total. The third kappa shape index (κ3) is 4.41. The number of nitrogens with one attached hydrogen (secondary N) is 1. The van der Waals surface area contributed by atoms with Gasteiger partial charge in [-0.1, -0.05) is 37.6 Å². The second kappa shape index (κ2) is 7.88. The Kier molecular flexibility index (Phi) is 5.39. The van der Waals surface area contributed by atoms with Crippen LogP contribution in [0.5, 0.6) is 11.5 Å². The highest BCUT2D eigenvalue weighted by Gasteiger charge is 2.21. The Balaban J connectivity index is 1.92. The van der Waals surface area contributed by atoms with Crippen LogP contribution in [0.25, 0.3) is 11.1 Å². The zero-order valence-corrected chi connectivity index (χ0v) is 14.5. The molecule has 0 aromatic heterocycles. The van der Waals surface area contributed by atoms with E-state index in [9.17, 15) is 4.79 Å². The maximum atomic E-state index is 11.8. The predicted molar refractivity (Wildman–Crippen MR) is 100 cm³/mol. The summed E-state index contributed by atoms with van der Waals surface area (Å²) in [5.41, 5.74) is 2.48. The molecule has 0 spiro atoms. The van der Waals surface area contributed by atoms with Crippen LogP contribution in [0.4, 0.5) is 5.69 Å². The number of anilines is 1. The molecule has 25 heavy (non-hydrogen) atoms. The Morgan fingerprint density at radius 3 is 2.76 bits per heavy atom. The van der Waals surface area contributed by atoms with Crippen molar-refractivity contribution >= 4 is 11.6 Å². The van der Waals surface area contributed by atoms with E-state index in [4.69, 9.17) is 9.47 Å². The Morgan fingerprint density at radius 2 is 2.04 bits per heavy atom. The van der Waals surface area contributed by atoms with Crippen molar-refractivity contribution in [2.45, 2.75) is 19.3 Å². The first-order valence-electron chi connectivity index (χ1n) is 8.55. The Labute approximate surface area is 148 Å². The van der Waals surface area contributed by atoms with Crippen LogP contribution in [0.2, 0.25) is 0 Å². The molecule has 4 heteroatoms. The van der Waals surface area contributed by atoms with Gasteiger partial charge in [-0.05, 0) is 42.7 Å². The number of rotatable bonds is 8. The van der Waals surface area contributed by atoms with E-state index in [1.54, 1.807) is 7.11 Å². The van der Waals surface area contributed by atoms with Crippen molar-refractivity contribution in [2.75, 3.05) is 19.0 Å². The topological polar surface area (TPSA) is 47.6 Å². The summed E-state index contributed by atoms with van der Waals surface area (Å²) in [5, 5.41) is 2.85. The van der Waals surface area contributed by atoms with Crippen molar-refractivity contribution in [1.82, 2.24) is 0 Å². The summed E-state index contributed by atoms with van der Waals surface area (Å²) in [5.74, 6) is 2.11. The second-order valence-electron chi connectivity index (χ2n) is 6.18. The largest absolute Gasteiger partial charge is 0.497 e. The van der Waals surface area contributed by atoms with Gasteiger partial charge in [-0.3, -0.25) is 4.79 Å². The molecule has 0 radical (unpaired) electrons. The number of benzene rings is 2. The molecule has 2 aromatic carbocycles. The number of methoxy groups -OCH3 is 1. The fraction of sp³-hybridized carbons (Fsp3) is 0.286. The molecule has 0 aliphatic heterocycles. The molecular formula is C21H23NO3. The van der Waals surface area contributed by atoms with Gasteiger partial charge in [0.05, 0.1) is 13.7 Å². The van der Waals surface area contributed by atoms with Crippen molar-refractivity contribution in [3.63, 3.8) is 0 Å². The van der Waals surface area contributed by atoms with Gasteiger partial charge < -0.3 is 14.8 Å². The summed E-state index contributed by atoms with van der Waals surface area (Å²) in [6, 6.07) is 13.4. The van der Waals surface area contributed by atoms with E-state index in [0.29, 0.717) is 12.3 Å². The molecule has 1 aliphatic carbocycles. The van der Waals surface area contributed by atoms with Gasteiger partial charge in [-0.15, -0.1) is 0 Å². The molecule has 0 heterocycles. The minimum Gasteiger partial charge on any atom is -0.497 e. The van der Waals surface area contributed by atoms with Crippen LogP contribution in [0.15, 0.2) is 55.1 Å². The predicted octanol–water partition coefficient (Wildman–Crippen LogP) is 4.67. The summed E-state index contributed by atoms with van der Waals surface area (Å²) in [6.45, 7) is 4.22. The summed E-state index contributed by atoms with van der Waals surface area (Å²) in [4.78, 5) is 11.8. The monoisotopic (exact) mass is 337 g/mol. The molecule has 130 valence electrons. The first kappa shape index (κ1) is 17.1. The van der Waals surface area contributed by atoms with Gasteiger partial charge in [0.1, 0.15) is 11.5 Å². The maximum absolute atomic E-state index is 11.8. The van der Waals surface area contributed by atoms with Gasteiger partial charge in [0.25, 0.3) is 0 Å². The van der Waals surface area contributed by atoms with Crippen LogP contribution >= 0.6 is 0 Å². The lowest BCUT2D eigenvalue weighted by molar-refractivity contribution is -0.111. The van der Waals surface area contributed by atoms with Crippen molar-refractivity contribution < 1.29 is 14.3 Å². The molecule has 1 saturated carbocycles. The standard InChI is InChI=1S/C21H23NO3/c1-3-21(23)22-19-11-10-16(24-2)14-18(19)17-6-4-5-7-20(17)25-13-12-15-8-9-15/h3-7,10-11,14-15H,1,8-9,12-13H2,2H3,(H,22,23). The van der Waals surface area contributed by atoms with Crippen LogP contribution < -0.4 is 14.8 Å². The zero-order valence-electron chi connectivity index (χ0n) is 14.5. The normalized spacial score (nSPS) is 13.2. The van der Waals surface area contributed by atoms with Gasteiger partial charge in [0.2, 0.25) is 5.91 Å². The van der Waals surface area contributed by atoms with Crippen LogP contribution in [0.1, 0.15) is 19.3 Å². The maximum Gasteiger partial charge on any atom is 0.247 e. The fourth-order valence-corrected chi connectivity index (χ4v) is 2.72. The van der Waals surface area contributed by atoms with E-state index in [1.807, 2.05) is 42.5 Å². The van der Waals surface area contributed by atoms with Crippen LogP contribution in [0, 0.1) is 5.92 Å². The molecule has 0 atom stereocenters. The van der Waals surface area contributed by atoms with Gasteiger partial charge in [-0.25, -0.2) is 0 Å². The minimum atomic E-state index is -0.251. The van der Waals surface area contributed by atoms with E-state index >= 15 is 0 Å². The smallest absolute Gasteiger partial charge is 0.247 e. The average Bonchev–Trinajstić information content (AvgIpc) is 3.47. The van der Waals surface area contributed by atoms with Crippen molar-refractivity contribution in [3.05, 3.63) is 55.1 Å². The Hall–Kier alpha value is -2.75. The highest BCUT2D eigenvalue weighted by atomic mass is 16.5. The molecule has 0 unspecified atom stereocenters. The number of carbonyl (C=O) groups excluding carboxylic acids is 1.